The molecule has 150 valence electrons. The summed E-state index contributed by atoms with van der Waals surface area (Å²) in [6.45, 7) is 0.162. The Morgan fingerprint density at radius 1 is 1.18 bits per heavy atom. The highest BCUT2D eigenvalue weighted by atomic mass is 79.9. The van der Waals surface area contributed by atoms with Crippen LogP contribution in [0.4, 0.5) is 10.5 Å². The molecule has 1 atom stereocenters. The van der Waals surface area contributed by atoms with E-state index < -0.39 is 18.2 Å². The van der Waals surface area contributed by atoms with Crippen molar-refractivity contribution in [2.45, 2.75) is 18.9 Å². The van der Waals surface area contributed by atoms with Crippen molar-refractivity contribution in [2.24, 2.45) is 0 Å². The number of hydrogen-bond donors (Lipinski definition) is 3. The molecule has 0 saturated carbocycles. The van der Waals surface area contributed by atoms with Gasteiger partial charge in [-0.05, 0) is 53.0 Å². The summed E-state index contributed by atoms with van der Waals surface area (Å²) >= 11 is 10.5. The molecule has 28 heavy (non-hydrogen) atoms. The van der Waals surface area contributed by atoms with Gasteiger partial charge >= 0.3 is 12.1 Å². The average molecular weight is 533 g/mol. The predicted molar refractivity (Wildman–Crippen MR) is 117 cm³/mol. The average Bonchev–Trinajstić information content (AvgIpc) is 2.67. The molecule has 2 rings (SSSR count). The standard InChI is InChI=1S/C19H19Br2NO5S/c20-12-9-14(18(24)15(21)10-12)16(7-4-8-26-17(23)11-28)27-19(25)22-13-5-2-1-3-6-13/h1-3,5-6,9-10,16,24,28H,4,7-8,11H2,(H,22,25)/t16-/m0/s1. The van der Waals surface area contributed by atoms with Gasteiger partial charge in [-0.2, -0.15) is 12.6 Å². The number of rotatable bonds is 8. The van der Waals surface area contributed by atoms with E-state index in [4.69, 9.17) is 9.47 Å². The number of hydrogen-bond acceptors (Lipinski definition) is 6. The molecule has 2 aromatic rings. The number of carbonyl (C=O) groups excluding carboxylic acids is 2. The number of benzene rings is 2. The van der Waals surface area contributed by atoms with E-state index in [1.54, 1.807) is 36.4 Å². The Labute approximate surface area is 185 Å². The Bertz CT molecular complexity index is 819. The minimum Gasteiger partial charge on any atom is -0.506 e. The quantitative estimate of drug-likeness (QED) is 0.239. The van der Waals surface area contributed by atoms with E-state index in [0.717, 1.165) is 0 Å². The van der Waals surface area contributed by atoms with E-state index in [0.29, 0.717) is 33.0 Å². The van der Waals surface area contributed by atoms with E-state index in [2.05, 4.69) is 49.8 Å². The Morgan fingerprint density at radius 3 is 2.57 bits per heavy atom. The number of phenols is 1. The Morgan fingerprint density at radius 2 is 1.89 bits per heavy atom. The van der Waals surface area contributed by atoms with Gasteiger partial charge in [0.1, 0.15) is 11.9 Å². The van der Waals surface area contributed by atoms with Gasteiger partial charge in [0, 0.05) is 15.7 Å². The first-order valence-electron chi connectivity index (χ1n) is 8.37. The van der Waals surface area contributed by atoms with E-state index in [1.807, 2.05) is 6.07 Å². The van der Waals surface area contributed by atoms with Gasteiger partial charge in [-0.3, -0.25) is 10.1 Å². The fraction of sp³-hybridized carbons (Fsp3) is 0.263. The molecular weight excluding hydrogens is 514 g/mol. The first-order chi connectivity index (χ1) is 13.4. The number of aromatic hydroxyl groups is 1. The van der Waals surface area contributed by atoms with Crippen LogP contribution in [0.5, 0.6) is 5.75 Å². The number of amides is 1. The van der Waals surface area contributed by atoms with Crippen molar-refractivity contribution in [2.75, 3.05) is 17.7 Å². The Hall–Kier alpha value is -1.71. The molecule has 0 saturated heterocycles. The second-order valence-electron chi connectivity index (χ2n) is 5.73. The van der Waals surface area contributed by atoms with Crippen molar-refractivity contribution >= 4 is 62.2 Å². The van der Waals surface area contributed by atoms with Crippen LogP contribution in [0.15, 0.2) is 51.4 Å². The second kappa shape index (κ2) is 11.3. The third-order valence-electron chi connectivity index (χ3n) is 3.68. The number of ether oxygens (including phenoxy) is 2. The summed E-state index contributed by atoms with van der Waals surface area (Å²) in [5.41, 5.74) is 1.03. The molecule has 0 aliphatic heterocycles. The van der Waals surface area contributed by atoms with Crippen molar-refractivity contribution in [3.8, 4) is 5.75 Å². The number of phenolic OH excluding ortho intramolecular Hbond substituents is 1. The molecule has 0 radical (unpaired) electrons. The van der Waals surface area contributed by atoms with Crippen LogP contribution < -0.4 is 5.32 Å². The molecule has 0 spiro atoms. The van der Waals surface area contributed by atoms with Crippen molar-refractivity contribution in [1.29, 1.82) is 0 Å². The van der Waals surface area contributed by atoms with Gasteiger partial charge in [-0.15, -0.1) is 0 Å². The van der Waals surface area contributed by atoms with E-state index in [1.165, 1.54) is 0 Å². The lowest BCUT2D eigenvalue weighted by molar-refractivity contribution is -0.140. The second-order valence-corrected chi connectivity index (χ2v) is 7.82. The summed E-state index contributed by atoms with van der Waals surface area (Å²) in [4.78, 5) is 23.5. The van der Waals surface area contributed by atoms with Crippen LogP contribution in [0.25, 0.3) is 0 Å². The fourth-order valence-corrected chi connectivity index (χ4v) is 3.76. The highest BCUT2D eigenvalue weighted by Crippen LogP contribution is 2.38. The smallest absolute Gasteiger partial charge is 0.412 e. The molecule has 0 bridgehead atoms. The normalized spacial score (nSPS) is 11.5. The SMILES string of the molecule is O=C(CS)OCCC[C@H](OC(=O)Nc1ccccc1)c1cc(Br)cc(Br)c1O. The molecule has 0 aromatic heterocycles. The van der Waals surface area contributed by atoms with Gasteiger partial charge in [0.25, 0.3) is 0 Å². The summed E-state index contributed by atoms with van der Waals surface area (Å²) in [5.74, 6) is -0.442. The molecular formula is C19H19Br2NO5S. The van der Waals surface area contributed by atoms with Crippen LogP contribution in [0.1, 0.15) is 24.5 Å². The topological polar surface area (TPSA) is 84.9 Å². The molecule has 6 nitrogen and oxygen atoms in total. The number of anilines is 1. The van der Waals surface area contributed by atoms with Crippen LogP contribution in [0.3, 0.4) is 0 Å². The van der Waals surface area contributed by atoms with Gasteiger partial charge in [0.15, 0.2) is 0 Å². The zero-order valence-electron chi connectivity index (χ0n) is 14.7. The van der Waals surface area contributed by atoms with E-state index in [9.17, 15) is 14.7 Å². The largest absolute Gasteiger partial charge is 0.506 e. The zero-order valence-corrected chi connectivity index (χ0v) is 18.8. The number of thiol groups is 1. The third-order valence-corrected chi connectivity index (χ3v) is 5.00. The lowest BCUT2D eigenvalue weighted by Gasteiger charge is -2.20. The monoisotopic (exact) mass is 531 g/mol. The molecule has 0 aliphatic carbocycles. The summed E-state index contributed by atoms with van der Waals surface area (Å²) in [5, 5.41) is 13.0. The van der Waals surface area contributed by atoms with Crippen molar-refractivity contribution in [3.63, 3.8) is 0 Å². The first kappa shape index (κ1) is 22.6. The summed E-state index contributed by atoms with van der Waals surface area (Å²) in [7, 11) is 0. The van der Waals surface area contributed by atoms with Gasteiger partial charge in [0.2, 0.25) is 0 Å². The lowest BCUT2D eigenvalue weighted by atomic mass is 10.0. The minimum absolute atomic E-state index is 0.00121. The van der Waals surface area contributed by atoms with Gasteiger partial charge in [-0.1, -0.05) is 34.1 Å². The van der Waals surface area contributed by atoms with Crippen LogP contribution in [0, 0.1) is 0 Å². The Kier molecular flexibility index (Phi) is 9.14. The van der Waals surface area contributed by atoms with Crippen LogP contribution in [0.2, 0.25) is 0 Å². The number of nitrogens with one attached hydrogen (secondary N) is 1. The van der Waals surface area contributed by atoms with Crippen molar-refractivity contribution in [1.82, 2.24) is 0 Å². The predicted octanol–water partition coefficient (Wildman–Crippen LogP) is 5.46. The van der Waals surface area contributed by atoms with Crippen LogP contribution in [-0.2, 0) is 14.3 Å². The van der Waals surface area contributed by atoms with Gasteiger partial charge in [0.05, 0.1) is 16.8 Å². The molecule has 0 fully saturated rings. The molecule has 0 aliphatic rings. The van der Waals surface area contributed by atoms with Crippen molar-refractivity contribution in [3.05, 3.63) is 57.0 Å². The molecule has 1 amide bonds. The molecule has 0 unspecified atom stereocenters. The van der Waals surface area contributed by atoms with Gasteiger partial charge < -0.3 is 14.6 Å². The Balaban J connectivity index is 2.11. The number of esters is 1. The van der Waals surface area contributed by atoms with E-state index in [-0.39, 0.29) is 18.1 Å². The van der Waals surface area contributed by atoms with Gasteiger partial charge in [-0.25, -0.2) is 4.79 Å². The number of carbonyl (C=O) groups is 2. The maximum absolute atomic E-state index is 12.3. The fourth-order valence-electron chi connectivity index (χ4n) is 2.41. The number of halogens is 2. The highest BCUT2D eigenvalue weighted by Gasteiger charge is 2.22. The maximum atomic E-state index is 12.3. The number of para-hydroxylation sites is 1. The summed E-state index contributed by atoms with van der Waals surface area (Å²) in [6.07, 6.45) is -0.614. The third kappa shape index (κ3) is 7.03. The molecule has 0 heterocycles. The summed E-state index contributed by atoms with van der Waals surface area (Å²) in [6, 6.07) is 12.3. The molecule has 9 heteroatoms. The van der Waals surface area contributed by atoms with E-state index >= 15 is 0 Å². The lowest BCUT2D eigenvalue weighted by Crippen LogP contribution is -2.18. The van der Waals surface area contributed by atoms with Crippen LogP contribution >= 0.6 is 44.5 Å². The van der Waals surface area contributed by atoms with Crippen molar-refractivity contribution < 1.29 is 24.2 Å². The summed E-state index contributed by atoms with van der Waals surface area (Å²) < 4.78 is 11.7. The maximum Gasteiger partial charge on any atom is 0.412 e. The molecule has 2 N–H and O–H groups in total. The zero-order chi connectivity index (χ0) is 20.5. The van der Waals surface area contributed by atoms with Crippen LogP contribution in [-0.4, -0.2) is 29.5 Å². The minimum atomic E-state index is -0.743. The first-order valence-corrected chi connectivity index (χ1v) is 10.6. The molecule has 2 aromatic carbocycles. The highest BCUT2D eigenvalue weighted by molar-refractivity contribution is 9.11.